The van der Waals surface area contributed by atoms with Crippen molar-refractivity contribution in [2.45, 2.75) is 66.3 Å². The highest BCUT2D eigenvalue weighted by atomic mass is 16.2. The van der Waals surface area contributed by atoms with Gasteiger partial charge in [-0.05, 0) is 51.4 Å². The molecular weight excluding hydrogens is 236 g/mol. The molecule has 1 rings (SSSR count). The maximum Gasteiger partial charge on any atom is 0.230 e. The topological polar surface area (TPSA) is 46.3 Å². The molecule has 0 aromatic heterocycles. The molecular formula is C16H32N2O. The fraction of sp³-hybridized carbons (Fsp3) is 0.938. The lowest BCUT2D eigenvalue weighted by Gasteiger charge is -2.42. The highest BCUT2D eigenvalue weighted by Gasteiger charge is 2.42. The van der Waals surface area contributed by atoms with E-state index in [2.05, 4.69) is 34.6 Å². The van der Waals surface area contributed by atoms with Crippen molar-refractivity contribution >= 4 is 5.91 Å². The Balaban J connectivity index is 2.86. The smallest absolute Gasteiger partial charge is 0.230 e. The molecule has 0 aromatic carbocycles. The van der Waals surface area contributed by atoms with E-state index >= 15 is 0 Å². The molecule has 112 valence electrons. The van der Waals surface area contributed by atoms with Crippen LogP contribution in [0, 0.1) is 17.3 Å². The van der Waals surface area contributed by atoms with Gasteiger partial charge in [0.15, 0.2) is 0 Å². The predicted molar refractivity (Wildman–Crippen MR) is 80.8 cm³/mol. The van der Waals surface area contributed by atoms with E-state index in [1.807, 2.05) is 4.90 Å². The summed E-state index contributed by atoms with van der Waals surface area (Å²) < 4.78 is 0. The van der Waals surface area contributed by atoms with Crippen LogP contribution in [-0.4, -0.2) is 29.9 Å². The first-order valence-corrected chi connectivity index (χ1v) is 7.83. The van der Waals surface area contributed by atoms with Gasteiger partial charge in [0.1, 0.15) is 0 Å². The van der Waals surface area contributed by atoms with Crippen LogP contribution in [-0.2, 0) is 4.79 Å². The van der Waals surface area contributed by atoms with Gasteiger partial charge in [-0.3, -0.25) is 4.79 Å². The molecule has 0 unspecified atom stereocenters. The second-order valence-corrected chi connectivity index (χ2v) is 7.11. The second-order valence-electron chi connectivity index (χ2n) is 7.11. The summed E-state index contributed by atoms with van der Waals surface area (Å²) in [4.78, 5) is 15.0. The summed E-state index contributed by atoms with van der Waals surface area (Å²) >= 11 is 0. The van der Waals surface area contributed by atoms with Gasteiger partial charge in [-0.15, -0.1) is 0 Å². The number of amides is 1. The fourth-order valence-electron chi connectivity index (χ4n) is 3.05. The minimum absolute atomic E-state index is 0.262. The van der Waals surface area contributed by atoms with Crippen molar-refractivity contribution in [2.24, 2.45) is 23.0 Å². The third kappa shape index (κ3) is 3.95. The highest BCUT2D eigenvalue weighted by molar-refractivity contribution is 5.83. The molecule has 1 amide bonds. The van der Waals surface area contributed by atoms with E-state index in [4.69, 9.17) is 5.73 Å². The second kappa shape index (κ2) is 6.74. The molecule has 1 saturated carbocycles. The Labute approximate surface area is 118 Å². The minimum Gasteiger partial charge on any atom is -0.339 e. The maximum atomic E-state index is 13.0. The Hall–Kier alpha value is -0.570. The molecule has 0 atom stereocenters. The van der Waals surface area contributed by atoms with E-state index in [1.54, 1.807) is 0 Å². The van der Waals surface area contributed by atoms with E-state index < -0.39 is 0 Å². The molecule has 1 aliphatic carbocycles. The molecule has 1 fully saturated rings. The van der Waals surface area contributed by atoms with Gasteiger partial charge in [-0.25, -0.2) is 0 Å². The monoisotopic (exact) mass is 268 g/mol. The first kappa shape index (κ1) is 16.5. The summed E-state index contributed by atoms with van der Waals surface area (Å²) in [5.41, 5.74) is 5.72. The summed E-state index contributed by atoms with van der Waals surface area (Å²) in [6, 6.07) is 0.262. The number of rotatable bonds is 5. The van der Waals surface area contributed by atoms with Gasteiger partial charge < -0.3 is 10.6 Å². The van der Waals surface area contributed by atoms with Crippen LogP contribution >= 0.6 is 0 Å². The van der Waals surface area contributed by atoms with Crippen molar-refractivity contribution in [1.82, 2.24) is 4.90 Å². The summed E-state index contributed by atoms with van der Waals surface area (Å²) in [5.74, 6) is 1.54. The molecule has 0 aliphatic heterocycles. The SMILES string of the molecule is CC(C)CN(C(=O)C1(CN)CCC(C)CC1)C(C)C. The third-order valence-electron chi connectivity index (χ3n) is 4.52. The number of carbonyl (C=O) groups is 1. The van der Waals surface area contributed by atoms with Crippen molar-refractivity contribution in [2.75, 3.05) is 13.1 Å². The van der Waals surface area contributed by atoms with E-state index in [-0.39, 0.29) is 11.5 Å². The molecule has 0 saturated heterocycles. The first-order valence-electron chi connectivity index (χ1n) is 7.83. The summed E-state index contributed by atoms with van der Waals surface area (Å²) in [6.45, 7) is 12.2. The summed E-state index contributed by atoms with van der Waals surface area (Å²) in [6.07, 6.45) is 4.20. The van der Waals surface area contributed by atoms with Gasteiger partial charge in [-0.2, -0.15) is 0 Å². The number of nitrogens with two attached hydrogens (primary N) is 1. The van der Waals surface area contributed by atoms with Gasteiger partial charge >= 0.3 is 0 Å². The Morgan fingerprint density at radius 1 is 1.26 bits per heavy atom. The Bertz CT molecular complexity index is 291. The average Bonchev–Trinajstić information content (AvgIpc) is 2.36. The lowest BCUT2D eigenvalue weighted by atomic mass is 9.69. The lowest BCUT2D eigenvalue weighted by Crippen LogP contribution is -2.52. The molecule has 2 N–H and O–H groups in total. The predicted octanol–water partition coefficient (Wildman–Crippen LogP) is 3.03. The number of hydrogen-bond donors (Lipinski definition) is 1. The molecule has 0 radical (unpaired) electrons. The van der Waals surface area contributed by atoms with Gasteiger partial charge in [0.2, 0.25) is 5.91 Å². The number of carbonyl (C=O) groups excluding carboxylic acids is 1. The molecule has 1 aliphatic rings. The van der Waals surface area contributed by atoms with Gasteiger partial charge in [0, 0.05) is 19.1 Å². The van der Waals surface area contributed by atoms with Crippen molar-refractivity contribution < 1.29 is 4.79 Å². The quantitative estimate of drug-likeness (QED) is 0.833. The van der Waals surface area contributed by atoms with E-state index in [1.165, 1.54) is 0 Å². The number of nitrogens with zero attached hydrogens (tertiary/aromatic N) is 1. The van der Waals surface area contributed by atoms with Crippen LogP contribution in [0.3, 0.4) is 0 Å². The Morgan fingerprint density at radius 3 is 2.16 bits per heavy atom. The normalized spacial score (nSPS) is 27.9. The Morgan fingerprint density at radius 2 is 1.79 bits per heavy atom. The first-order chi connectivity index (χ1) is 8.82. The van der Waals surface area contributed by atoms with Crippen molar-refractivity contribution in [1.29, 1.82) is 0 Å². The van der Waals surface area contributed by atoms with Crippen LogP contribution in [0.5, 0.6) is 0 Å². The minimum atomic E-state index is -0.286. The number of hydrogen-bond acceptors (Lipinski definition) is 2. The largest absolute Gasteiger partial charge is 0.339 e. The molecule has 19 heavy (non-hydrogen) atoms. The lowest BCUT2D eigenvalue weighted by molar-refractivity contribution is -0.146. The zero-order valence-electron chi connectivity index (χ0n) is 13.4. The van der Waals surface area contributed by atoms with Crippen LogP contribution in [0.1, 0.15) is 60.3 Å². The zero-order valence-corrected chi connectivity index (χ0v) is 13.4. The van der Waals surface area contributed by atoms with E-state index in [0.717, 1.165) is 38.1 Å². The van der Waals surface area contributed by atoms with Crippen LogP contribution in [0.25, 0.3) is 0 Å². The Kier molecular flexibility index (Phi) is 5.84. The van der Waals surface area contributed by atoms with E-state index in [9.17, 15) is 4.79 Å². The van der Waals surface area contributed by atoms with Crippen molar-refractivity contribution in [3.63, 3.8) is 0 Å². The maximum absolute atomic E-state index is 13.0. The van der Waals surface area contributed by atoms with Crippen LogP contribution in [0.4, 0.5) is 0 Å². The molecule has 0 heterocycles. The molecule has 0 aromatic rings. The molecule has 0 spiro atoms. The van der Waals surface area contributed by atoms with Crippen LogP contribution in [0.15, 0.2) is 0 Å². The van der Waals surface area contributed by atoms with Crippen LogP contribution < -0.4 is 5.73 Å². The van der Waals surface area contributed by atoms with Crippen LogP contribution in [0.2, 0.25) is 0 Å². The van der Waals surface area contributed by atoms with Crippen molar-refractivity contribution in [3.05, 3.63) is 0 Å². The molecule has 3 nitrogen and oxygen atoms in total. The average molecular weight is 268 g/mol. The zero-order chi connectivity index (χ0) is 14.6. The molecule has 0 bridgehead atoms. The third-order valence-corrected chi connectivity index (χ3v) is 4.52. The summed E-state index contributed by atoms with van der Waals surface area (Å²) in [5, 5.41) is 0. The highest BCUT2D eigenvalue weighted by Crippen LogP contribution is 2.40. The summed E-state index contributed by atoms with van der Waals surface area (Å²) in [7, 11) is 0. The molecule has 3 heteroatoms. The van der Waals surface area contributed by atoms with Gasteiger partial charge in [-0.1, -0.05) is 20.8 Å². The van der Waals surface area contributed by atoms with Gasteiger partial charge in [0.25, 0.3) is 0 Å². The fourth-order valence-corrected chi connectivity index (χ4v) is 3.05. The van der Waals surface area contributed by atoms with Crippen molar-refractivity contribution in [3.8, 4) is 0 Å². The van der Waals surface area contributed by atoms with Gasteiger partial charge in [0.05, 0.1) is 5.41 Å². The van der Waals surface area contributed by atoms with E-state index in [0.29, 0.717) is 18.4 Å². The standard InChI is InChI=1S/C16H32N2O/c1-12(2)10-18(13(3)4)15(19)16(11-17)8-6-14(5)7-9-16/h12-14H,6-11,17H2,1-5H3.